The highest BCUT2D eigenvalue weighted by Gasteiger charge is 2.15. The number of hydrogen-bond acceptors (Lipinski definition) is 7. The first-order valence-corrected chi connectivity index (χ1v) is 7.45. The summed E-state index contributed by atoms with van der Waals surface area (Å²) in [5.41, 5.74) is 0. The Labute approximate surface area is 88.6 Å². The van der Waals surface area contributed by atoms with Crippen LogP contribution in [-0.4, -0.2) is 48.3 Å². The molecule has 0 saturated carbocycles. The third-order valence-electron chi connectivity index (χ3n) is 1.15. The number of aldehydes is 1. The predicted molar refractivity (Wildman–Crippen MR) is 51.2 cm³/mol. The third-order valence-corrected chi connectivity index (χ3v) is 2.34. The van der Waals surface area contributed by atoms with Crippen LogP contribution >= 0.6 is 0 Å². The fraction of sp³-hybridized carbons (Fsp3) is 0.833. The lowest BCUT2D eigenvalue weighted by Crippen LogP contribution is -2.21. The summed E-state index contributed by atoms with van der Waals surface area (Å²) in [7, 11) is -7.33. The van der Waals surface area contributed by atoms with Crippen molar-refractivity contribution in [3.63, 3.8) is 0 Å². The highest BCUT2D eigenvalue weighted by atomic mass is 32.2. The predicted octanol–water partition coefficient (Wildman–Crippen LogP) is -1.10. The van der Waals surface area contributed by atoms with Gasteiger partial charge in [-0.05, 0) is 0 Å². The van der Waals surface area contributed by atoms with Gasteiger partial charge < -0.3 is 4.79 Å². The highest BCUT2D eigenvalue weighted by molar-refractivity contribution is 7.86. The molecule has 0 aromatic heterocycles. The SMILES string of the molecule is CS(=O)(=O)OCCC(C=O)OS(C)(=O)=O. The van der Waals surface area contributed by atoms with E-state index < -0.39 is 26.3 Å². The van der Waals surface area contributed by atoms with Crippen LogP contribution in [0.25, 0.3) is 0 Å². The van der Waals surface area contributed by atoms with Gasteiger partial charge in [-0.3, -0.25) is 8.37 Å². The van der Waals surface area contributed by atoms with E-state index in [9.17, 15) is 21.6 Å². The van der Waals surface area contributed by atoms with Gasteiger partial charge in [0.2, 0.25) is 0 Å². The number of carbonyl (C=O) groups excluding carboxylic acids is 1. The molecule has 0 N–H and O–H groups in total. The van der Waals surface area contributed by atoms with E-state index in [1.54, 1.807) is 0 Å². The molecule has 0 aliphatic heterocycles. The van der Waals surface area contributed by atoms with E-state index in [0.29, 0.717) is 0 Å². The molecule has 0 aromatic carbocycles. The molecule has 90 valence electrons. The van der Waals surface area contributed by atoms with Crippen molar-refractivity contribution in [1.29, 1.82) is 0 Å². The minimum Gasteiger partial charge on any atom is -0.300 e. The summed E-state index contributed by atoms with van der Waals surface area (Å²) in [5, 5.41) is 0. The van der Waals surface area contributed by atoms with E-state index in [2.05, 4.69) is 8.37 Å². The van der Waals surface area contributed by atoms with Crippen molar-refractivity contribution in [3.8, 4) is 0 Å². The van der Waals surface area contributed by atoms with E-state index >= 15 is 0 Å². The van der Waals surface area contributed by atoms with Gasteiger partial charge in [0.05, 0.1) is 19.1 Å². The topological polar surface area (TPSA) is 104 Å². The molecule has 0 rings (SSSR count). The number of rotatable bonds is 7. The molecular weight excluding hydrogens is 248 g/mol. The Balaban J connectivity index is 4.09. The van der Waals surface area contributed by atoms with Crippen molar-refractivity contribution < 1.29 is 30.0 Å². The second kappa shape index (κ2) is 5.54. The van der Waals surface area contributed by atoms with Crippen LogP contribution in [0.15, 0.2) is 0 Å². The first-order valence-electron chi connectivity index (χ1n) is 3.82. The first-order chi connectivity index (χ1) is 6.64. The zero-order valence-corrected chi connectivity index (χ0v) is 9.88. The summed E-state index contributed by atoms with van der Waals surface area (Å²) in [6.07, 6.45) is 0.541. The fourth-order valence-corrected chi connectivity index (χ4v) is 1.67. The molecule has 0 aliphatic carbocycles. The average molecular weight is 260 g/mol. The van der Waals surface area contributed by atoms with Gasteiger partial charge in [-0.2, -0.15) is 16.8 Å². The second-order valence-corrected chi connectivity index (χ2v) is 6.03. The fourth-order valence-electron chi connectivity index (χ4n) is 0.679. The lowest BCUT2D eigenvalue weighted by Gasteiger charge is -2.08. The van der Waals surface area contributed by atoms with Crippen molar-refractivity contribution in [2.24, 2.45) is 0 Å². The first kappa shape index (κ1) is 14.5. The van der Waals surface area contributed by atoms with E-state index in [4.69, 9.17) is 0 Å². The Morgan fingerprint density at radius 2 is 1.67 bits per heavy atom. The minimum absolute atomic E-state index is 0.149. The van der Waals surface area contributed by atoms with Crippen LogP contribution in [0, 0.1) is 0 Å². The Morgan fingerprint density at radius 1 is 1.13 bits per heavy atom. The van der Waals surface area contributed by atoms with Crippen molar-refractivity contribution in [2.75, 3.05) is 19.1 Å². The van der Waals surface area contributed by atoms with Crippen LogP contribution in [-0.2, 0) is 33.4 Å². The molecule has 0 saturated heterocycles. The molecule has 0 aromatic rings. The summed E-state index contributed by atoms with van der Waals surface area (Å²) < 4.78 is 50.9. The Bertz CT molecular complexity index is 393. The van der Waals surface area contributed by atoms with Crippen LogP contribution in [0.1, 0.15) is 6.42 Å². The van der Waals surface area contributed by atoms with Gasteiger partial charge in [0, 0.05) is 6.42 Å². The van der Waals surface area contributed by atoms with Crippen LogP contribution in [0.3, 0.4) is 0 Å². The van der Waals surface area contributed by atoms with Crippen LogP contribution in [0.2, 0.25) is 0 Å². The van der Waals surface area contributed by atoms with Crippen LogP contribution in [0.5, 0.6) is 0 Å². The Hall–Kier alpha value is -0.510. The standard InChI is InChI=1S/C6H12O7S2/c1-14(8,9)12-4-3-6(5-7)13-15(2,10)11/h5-6H,3-4H2,1-2H3. The van der Waals surface area contributed by atoms with Gasteiger partial charge in [-0.1, -0.05) is 0 Å². The van der Waals surface area contributed by atoms with Gasteiger partial charge in [-0.25, -0.2) is 0 Å². The minimum atomic E-state index is -3.74. The van der Waals surface area contributed by atoms with E-state index in [-0.39, 0.29) is 19.3 Å². The molecule has 1 unspecified atom stereocenters. The molecule has 0 amide bonds. The van der Waals surface area contributed by atoms with Crippen molar-refractivity contribution in [1.82, 2.24) is 0 Å². The molecule has 0 bridgehead atoms. The summed E-state index contributed by atoms with van der Waals surface area (Å²) in [6.45, 7) is -0.308. The molecule has 0 fully saturated rings. The summed E-state index contributed by atoms with van der Waals surface area (Å²) in [4.78, 5) is 10.3. The van der Waals surface area contributed by atoms with Gasteiger partial charge >= 0.3 is 0 Å². The monoisotopic (exact) mass is 260 g/mol. The van der Waals surface area contributed by atoms with E-state index in [1.807, 2.05) is 0 Å². The molecule has 7 nitrogen and oxygen atoms in total. The van der Waals surface area contributed by atoms with Crippen LogP contribution < -0.4 is 0 Å². The van der Waals surface area contributed by atoms with E-state index in [1.165, 1.54) is 0 Å². The lowest BCUT2D eigenvalue weighted by molar-refractivity contribution is -0.114. The lowest BCUT2D eigenvalue weighted by atomic mass is 10.3. The maximum atomic E-state index is 10.6. The van der Waals surface area contributed by atoms with Crippen molar-refractivity contribution in [2.45, 2.75) is 12.5 Å². The van der Waals surface area contributed by atoms with Crippen molar-refractivity contribution >= 4 is 26.5 Å². The average Bonchev–Trinajstić information content (AvgIpc) is 1.97. The van der Waals surface area contributed by atoms with Gasteiger partial charge in [0.15, 0.2) is 0 Å². The summed E-state index contributed by atoms with van der Waals surface area (Å²) in [6, 6.07) is 0. The molecule has 0 radical (unpaired) electrons. The van der Waals surface area contributed by atoms with Crippen molar-refractivity contribution in [3.05, 3.63) is 0 Å². The Morgan fingerprint density at radius 3 is 2.00 bits per heavy atom. The quantitative estimate of drug-likeness (QED) is 0.422. The number of carbonyl (C=O) groups is 1. The maximum Gasteiger partial charge on any atom is 0.265 e. The maximum absolute atomic E-state index is 10.6. The Kier molecular flexibility index (Phi) is 5.35. The highest BCUT2D eigenvalue weighted by Crippen LogP contribution is 2.01. The molecule has 15 heavy (non-hydrogen) atoms. The third kappa shape index (κ3) is 9.79. The second-order valence-electron chi connectivity index (χ2n) is 2.79. The smallest absolute Gasteiger partial charge is 0.265 e. The number of hydrogen-bond donors (Lipinski definition) is 0. The van der Waals surface area contributed by atoms with E-state index in [0.717, 1.165) is 12.5 Å². The largest absolute Gasteiger partial charge is 0.300 e. The zero-order chi connectivity index (χ0) is 12.1. The molecule has 1 atom stereocenters. The van der Waals surface area contributed by atoms with Gasteiger partial charge in [0.1, 0.15) is 12.4 Å². The summed E-state index contributed by atoms with van der Waals surface area (Å²) in [5.74, 6) is 0. The molecule has 0 heterocycles. The normalized spacial score (nSPS) is 14.8. The molecule has 0 spiro atoms. The van der Waals surface area contributed by atoms with Gasteiger partial charge in [0.25, 0.3) is 20.2 Å². The molecular formula is C6H12O7S2. The van der Waals surface area contributed by atoms with Gasteiger partial charge in [-0.15, -0.1) is 0 Å². The summed E-state index contributed by atoms with van der Waals surface area (Å²) >= 11 is 0. The molecule has 0 aliphatic rings. The zero-order valence-electron chi connectivity index (χ0n) is 8.24. The van der Waals surface area contributed by atoms with Crippen LogP contribution in [0.4, 0.5) is 0 Å². The molecule has 9 heteroatoms.